The molecule has 0 spiro atoms. The molecule has 3 atom stereocenters. The van der Waals surface area contributed by atoms with Crippen molar-refractivity contribution in [1.82, 2.24) is 9.97 Å². The predicted octanol–water partition coefficient (Wildman–Crippen LogP) is 2.78. The lowest BCUT2D eigenvalue weighted by Gasteiger charge is -2.44. The lowest BCUT2D eigenvalue weighted by molar-refractivity contribution is 0.0986. The molecule has 0 saturated carbocycles. The zero-order chi connectivity index (χ0) is 24.7. The second kappa shape index (κ2) is 8.51. The minimum Gasteiger partial charge on any atom is -0.386 e. The molecule has 0 aromatic carbocycles. The molecule has 178 valence electrons. The fraction of sp³-hybridized carbons (Fsp3) is 0.435. The van der Waals surface area contributed by atoms with Gasteiger partial charge in [-0.2, -0.15) is 5.26 Å². The summed E-state index contributed by atoms with van der Waals surface area (Å²) in [7, 11) is -3.04. The van der Waals surface area contributed by atoms with Crippen LogP contribution in [0.4, 0.5) is 8.78 Å². The number of aryl methyl sites for hydroxylation is 1. The molecule has 2 N–H and O–H groups in total. The molecule has 0 saturated heterocycles. The van der Waals surface area contributed by atoms with Gasteiger partial charge < -0.3 is 5.73 Å². The van der Waals surface area contributed by atoms with E-state index in [1.807, 2.05) is 6.07 Å². The van der Waals surface area contributed by atoms with Crippen molar-refractivity contribution in [3.8, 4) is 6.07 Å². The Bertz CT molecular complexity index is 1380. The summed E-state index contributed by atoms with van der Waals surface area (Å²) in [4.78, 5) is 25.5. The van der Waals surface area contributed by atoms with Crippen LogP contribution in [-0.2, 0) is 21.7 Å². The highest BCUT2D eigenvalue weighted by atomic mass is 32.2. The van der Waals surface area contributed by atoms with E-state index in [-0.39, 0.29) is 35.1 Å². The summed E-state index contributed by atoms with van der Waals surface area (Å²) in [6.07, 6.45) is 2.24. The molecule has 34 heavy (non-hydrogen) atoms. The van der Waals surface area contributed by atoms with E-state index in [9.17, 15) is 17.8 Å². The van der Waals surface area contributed by atoms with Gasteiger partial charge in [0.2, 0.25) is 0 Å². The summed E-state index contributed by atoms with van der Waals surface area (Å²) in [5.74, 6) is -1.59. The molecule has 0 fully saturated rings. The lowest BCUT2D eigenvalue weighted by atomic mass is 9.95. The van der Waals surface area contributed by atoms with E-state index in [0.717, 1.165) is 6.07 Å². The van der Waals surface area contributed by atoms with Crippen molar-refractivity contribution in [2.75, 3.05) is 19.0 Å². The Kier molecular flexibility index (Phi) is 5.97. The minimum absolute atomic E-state index is 0.0232. The topological polar surface area (TPSA) is 134 Å². The number of hydrogen-bond donors (Lipinski definition) is 1. The molecule has 0 unspecified atom stereocenters. The van der Waals surface area contributed by atoms with Crippen molar-refractivity contribution < 1.29 is 17.8 Å². The number of nitriles is 1. The fourth-order valence-corrected chi connectivity index (χ4v) is 7.35. The third-order valence-electron chi connectivity index (χ3n) is 6.51. The summed E-state index contributed by atoms with van der Waals surface area (Å²) in [6.45, 7) is 2.54. The number of nitrogens with two attached hydrogens (primary N) is 1. The van der Waals surface area contributed by atoms with E-state index >= 15 is 0 Å². The van der Waals surface area contributed by atoms with Crippen molar-refractivity contribution in [2.45, 2.75) is 43.4 Å². The number of hydrogen-bond acceptors (Lipinski definition) is 8. The average Bonchev–Trinajstić information content (AvgIpc) is 2.81. The molecule has 2 aromatic heterocycles. The standard InChI is InChI=1S/C23H24F2N6O2S/c1-14-8-15(10-26)11-28-19(14)18(32)9-16-4-5-17(25)20(30-16)23(12-24)13-34(33)22(2,21(27)31-23)6-3-7-29-34/h4-5,8,11H,3,6-7,9,12-13H2,1-2H3,(H2,27,31)/t22-,23-,34+/m0/s1. The minimum atomic E-state index is -3.04. The third kappa shape index (κ3) is 3.76. The first-order valence-corrected chi connectivity index (χ1v) is 12.4. The number of halogens is 2. The molecule has 4 heterocycles. The van der Waals surface area contributed by atoms with Gasteiger partial charge >= 0.3 is 0 Å². The second-order valence-corrected chi connectivity index (χ2v) is 11.6. The van der Waals surface area contributed by atoms with Gasteiger partial charge in [0, 0.05) is 18.4 Å². The number of ketones is 1. The summed E-state index contributed by atoms with van der Waals surface area (Å²) in [5, 5.41) is 8.98. The van der Waals surface area contributed by atoms with Crippen LogP contribution >= 0.6 is 0 Å². The Morgan fingerprint density at radius 2 is 2.15 bits per heavy atom. The molecule has 8 nitrogen and oxygen atoms in total. The van der Waals surface area contributed by atoms with Gasteiger partial charge in [0.1, 0.15) is 46.1 Å². The smallest absolute Gasteiger partial charge is 0.187 e. The number of pyridine rings is 2. The molecule has 4 rings (SSSR count). The number of amidine groups is 1. The number of carbonyl (C=O) groups is 1. The van der Waals surface area contributed by atoms with E-state index < -0.39 is 38.3 Å². The van der Waals surface area contributed by atoms with Crippen LogP contribution in [0.15, 0.2) is 33.8 Å². The van der Waals surface area contributed by atoms with Crippen molar-refractivity contribution in [3.63, 3.8) is 0 Å². The van der Waals surface area contributed by atoms with Gasteiger partial charge in [-0.25, -0.2) is 17.4 Å². The predicted molar refractivity (Wildman–Crippen MR) is 123 cm³/mol. The van der Waals surface area contributed by atoms with E-state index in [1.54, 1.807) is 19.9 Å². The number of carbonyl (C=O) groups excluding carboxylic acids is 1. The van der Waals surface area contributed by atoms with Crippen LogP contribution in [0.25, 0.3) is 0 Å². The maximum Gasteiger partial charge on any atom is 0.187 e. The van der Waals surface area contributed by atoms with E-state index in [1.165, 1.54) is 12.3 Å². The van der Waals surface area contributed by atoms with Gasteiger partial charge in [-0.05, 0) is 50.5 Å². The first-order valence-electron chi connectivity index (χ1n) is 10.8. The normalized spacial score (nSPS) is 28.3. The van der Waals surface area contributed by atoms with Gasteiger partial charge in [0.25, 0.3) is 0 Å². The maximum absolute atomic E-state index is 15.0. The average molecular weight is 487 g/mol. The molecule has 11 heteroatoms. The molecule has 2 aliphatic heterocycles. The number of nitrogens with zero attached hydrogens (tertiary/aromatic N) is 5. The number of aliphatic imine (C=N–C) groups is 1. The SMILES string of the molecule is Cc1cc(C#N)cnc1C(=O)Cc1ccc(F)c([C@]2(CF)C[S@]3(=O)=NCCC[C@@]3(C)C(N)=N2)n1. The van der Waals surface area contributed by atoms with Gasteiger partial charge in [0.15, 0.2) is 5.78 Å². The second-order valence-electron chi connectivity index (χ2n) is 8.87. The van der Waals surface area contributed by atoms with Gasteiger partial charge in [-0.15, -0.1) is 0 Å². The summed E-state index contributed by atoms with van der Waals surface area (Å²) in [6, 6.07) is 5.92. The van der Waals surface area contributed by atoms with Crippen molar-refractivity contribution in [2.24, 2.45) is 15.1 Å². The van der Waals surface area contributed by atoms with Crippen LogP contribution < -0.4 is 5.73 Å². The van der Waals surface area contributed by atoms with Crippen molar-refractivity contribution >= 4 is 21.3 Å². The summed E-state index contributed by atoms with van der Waals surface area (Å²) >= 11 is 0. The molecule has 0 aliphatic carbocycles. The fourth-order valence-electron chi connectivity index (χ4n) is 4.47. The van der Waals surface area contributed by atoms with Crippen LogP contribution in [0.2, 0.25) is 0 Å². The zero-order valence-corrected chi connectivity index (χ0v) is 19.7. The van der Waals surface area contributed by atoms with E-state index in [4.69, 9.17) is 11.0 Å². The van der Waals surface area contributed by atoms with Gasteiger partial charge in [-0.3, -0.25) is 19.8 Å². The number of fused-ring (bicyclic) bond motifs is 1. The quantitative estimate of drug-likeness (QED) is 0.646. The van der Waals surface area contributed by atoms with Crippen LogP contribution in [0.5, 0.6) is 0 Å². The van der Waals surface area contributed by atoms with Crippen molar-refractivity contribution in [1.29, 1.82) is 5.26 Å². The number of rotatable bonds is 5. The Labute approximate surface area is 196 Å². The number of Topliss-reactive ketones (excluding diaryl/α,β-unsaturated/α-hetero) is 1. The Hall–Kier alpha value is -3.26. The first-order chi connectivity index (χ1) is 16.1. The van der Waals surface area contributed by atoms with Gasteiger partial charge in [0.05, 0.1) is 27.5 Å². The third-order valence-corrected chi connectivity index (χ3v) is 9.79. The van der Waals surface area contributed by atoms with E-state index in [2.05, 4.69) is 19.3 Å². The number of alkyl halides is 1. The molecule has 0 radical (unpaired) electrons. The lowest BCUT2D eigenvalue weighted by Crippen LogP contribution is -2.59. The van der Waals surface area contributed by atoms with Gasteiger partial charge in [-0.1, -0.05) is 0 Å². The largest absolute Gasteiger partial charge is 0.386 e. The first kappa shape index (κ1) is 23.9. The van der Waals surface area contributed by atoms with E-state index in [0.29, 0.717) is 30.5 Å². The summed E-state index contributed by atoms with van der Waals surface area (Å²) in [5.41, 5.74) is 5.13. The highest BCUT2D eigenvalue weighted by Gasteiger charge is 2.54. The molecular formula is C23H24F2N6O2S. The molecule has 0 bridgehead atoms. The molecule has 0 amide bonds. The molecular weight excluding hydrogens is 462 g/mol. The van der Waals surface area contributed by atoms with Crippen LogP contribution in [0, 0.1) is 24.1 Å². The van der Waals surface area contributed by atoms with Crippen molar-refractivity contribution in [3.05, 3.63) is 58.4 Å². The summed E-state index contributed by atoms with van der Waals surface area (Å²) < 4.78 is 46.6. The highest BCUT2D eigenvalue weighted by Crippen LogP contribution is 2.42. The highest BCUT2D eigenvalue weighted by molar-refractivity contribution is 7.95. The maximum atomic E-state index is 15.0. The van der Waals surface area contributed by atoms with Crippen LogP contribution in [-0.4, -0.2) is 49.5 Å². The molecule has 2 aliphatic rings. The zero-order valence-electron chi connectivity index (χ0n) is 18.8. The van der Waals surface area contributed by atoms with Crippen LogP contribution in [0.1, 0.15) is 52.8 Å². The number of aromatic nitrogens is 2. The molecule has 2 aromatic rings. The van der Waals surface area contributed by atoms with Crippen LogP contribution in [0.3, 0.4) is 0 Å². The Morgan fingerprint density at radius 3 is 2.82 bits per heavy atom. The Morgan fingerprint density at radius 1 is 1.38 bits per heavy atom. The monoisotopic (exact) mass is 486 g/mol. The Balaban J connectivity index is 1.74.